The highest BCUT2D eigenvalue weighted by Gasteiger charge is 2.07. The molecule has 0 saturated carbocycles. The molecular weight excluding hydrogens is 256 g/mol. The van der Waals surface area contributed by atoms with E-state index in [1.165, 1.54) is 38.5 Å². The van der Waals surface area contributed by atoms with E-state index in [-0.39, 0.29) is 19.2 Å². The van der Waals surface area contributed by atoms with E-state index >= 15 is 0 Å². The van der Waals surface area contributed by atoms with Crippen molar-refractivity contribution in [3.8, 4) is 0 Å². The smallest absolute Gasteiger partial charge is 0.305 e. The first-order chi connectivity index (χ1) is 9.60. The molecule has 20 heavy (non-hydrogen) atoms. The Kier molecular flexibility index (Phi) is 13.0. The van der Waals surface area contributed by atoms with Crippen LogP contribution in [0.15, 0.2) is 0 Å². The molecule has 0 aliphatic carbocycles. The van der Waals surface area contributed by atoms with Crippen LogP contribution in [0.1, 0.15) is 71.6 Å². The van der Waals surface area contributed by atoms with E-state index in [1.54, 1.807) is 0 Å². The normalized spacial score (nSPS) is 14.0. The van der Waals surface area contributed by atoms with Crippen molar-refractivity contribution >= 4 is 5.97 Å². The fourth-order valence-corrected chi connectivity index (χ4v) is 1.99. The van der Waals surface area contributed by atoms with Crippen molar-refractivity contribution in [1.29, 1.82) is 0 Å². The highest BCUT2D eigenvalue weighted by atomic mass is 16.5. The summed E-state index contributed by atoms with van der Waals surface area (Å²) in [5.41, 5.74) is 0. The molecule has 0 aromatic carbocycles. The topological polar surface area (TPSA) is 66.8 Å². The van der Waals surface area contributed by atoms with Crippen molar-refractivity contribution in [2.45, 2.75) is 77.7 Å². The first-order valence-electron chi connectivity index (χ1n) is 8.04. The van der Waals surface area contributed by atoms with E-state index in [0.717, 1.165) is 18.8 Å². The molecule has 0 saturated heterocycles. The summed E-state index contributed by atoms with van der Waals surface area (Å²) >= 11 is 0. The molecule has 4 heteroatoms. The highest BCUT2D eigenvalue weighted by Crippen LogP contribution is 2.14. The molecule has 0 spiro atoms. The lowest BCUT2D eigenvalue weighted by Crippen LogP contribution is -2.21. The molecule has 1 unspecified atom stereocenters. The quantitative estimate of drug-likeness (QED) is 0.404. The summed E-state index contributed by atoms with van der Waals surface area (Å²) < 4.78 is 4.83. The third-order valence-corrected chi connectivity index (χ3v) is 3.67. The maximum Gasteiger partial charge on any atom is 0.305 e. The van der Waals surface area contributed by atoms with Crippen molar-refractivity contribution in [3.63, 3.8) is 0 Å². The monoisotopic (exact) mass is 288 g/mol. The first-order valence-corrected chi connectivity index (χ1v) is 8.04. The van der Waals surface area contributed by atoms with Gasteiger partial charge in [0, 0.05) is 6.42 Å². The number of aliphatic hydroxyl groups is 2. The van der Waals surface area contributed by atoms with Gasteiger partial charge in [0.15, 0.2) is 0 Å². The average molecular weight is 288 g/mol. The number of carbonyl (C=O) groups excluding carboxylic acids is 1. The number of unbranched alkanes of at least 4 members (excludes halogenated alkanes) is 5. The van der Waals surface area contributed by atoms with Crippen LogP contribution in [-0.4, -0.2) is 35.5 Å². The molecule has 2 atom stereocenters. The Morgan fingerprint density at radius 1 is 1.10 bits per heavy atom. The molecule has 0 fully saturated rings. The van der Waals surface area contributed by atoms with Gasteiger partial charge in [0.25, 0.3) is 0 Å². The molecule has 0 aliphatic heterocycles. The van der Waals surface area contributed by atoms with Crippen LogP contribution < -0.4 is 0 Å². The van der Waals surface area contributed by atoms with Crippen molar-refractivity contribution in [2.75, 3.05) is 13.2 Å². The van der Waals surface area contributed by atoms with Crippen LogP contribution in [0.4, 0.5) is 0 Å². The number of hydrogen-bond acceptors (Lipinski definition) is 4. The van der Waals surface area contributed by atoms with Gasteiger partial charge in [0.2, 0.25) is 0 Å². The second kappa shape index (κ2) is 13.4. The Labute approximate surface area is 123 Å². The number of hydrogen-bond donors (Lipinski definition) is 2. The number of esters is 1. The van der Waals surface area contributed by atoms with Crippen molar-refractivity contribution in [2.24, 2.45) is 5.92 Å². The number of rotatable bonds is 13. The minimum atomic E-state index is -0.954. The maximum atomic E-state index is 11.3. The molecule has 0 aliphatic rings. The van der Waals surface area contributed by atoms with Crippen LogP contribution in [0.25, 0.3) is 0 Å². The van der Waals surface area contributed by atoms with Crippen LogP contribution in [0.3, 0.4) is 0 Å². The highest BCUT2D eigenvalue weighted by molar-refractivity contribution is 5.69. The van der Waals surface area contributed by atoms with Crippen LogP contribution in [0.2, 0.25) is 0 Å². The molecule has 0 aromatic rings. The molecule has 0 amide bonds. The van der Waals surface area contributed by atoms with Crippen LogP contribution in [0, 0.1) is 5.92 Å². The van der Waals surface area contributed by atoms with Gasteiger partial charge >= 0.3 is 5.97 Å². The molecular formula is C16H32O4. The van der Waals surface area contributed by atoms with Gasteiger partial charge in [-0.05, 0) is 12.3 Å². The van der Waals surface area contributed by atoms with Crippen LogP contribution >= 0.6 is 0 Å². The lowest BCUT2D eigenvalue weighted by molar-refractivity contribution is -0.147. The largest absolute Gasteiger partial charge is 0.463 e. The summed E-state index contributed by atoms with van der Waals surface area (Å²) in [4.78, 5) is 11.3. The van der Waals surface area contributed by atoms with Crippen molar-refractivity contribution < 1.29 is 19.7 Å². The standard InChI is InChI=1S/C16H32O4/c1-3-14(2)10-8-6-4-5-7-9-11-16(19)20-13-15(18)12-17/h14-15,17-18H,3-13H2,1-2H3/t14?,15-/m1/s1. The maximum absolute atomic E-state index is 11.3. The number of carbonyl (C=O) groups is 1. The van der Waals surface area contributed by atoms with Gasteiger partial charge in [-0.3, -0.25) is 4.79 Å². The van der Waals surface area contributed by atoms with Crippen molar-refractivity contribution in [3.05, 3.63) is 0 Å². The zero-order valence-corrected chi connectivity index (χ0v) is 13.1. The molecule has 120 valence electrons. The minimum absolute atomic E-state index is 0.106. The molecule has 0 radical (unpaired) electrons. The summed E-state index contributed by atoms with van der Waals surface area (Å²) in [7, 11) is 0. The van der Waals surface area contributed by atoms with Gasteiger partial charge in [-0.2, -0.15) is 0 Å². The predicted octanol–water partition coefficient (Wildman–Crippen LogP) is 3.05. The summed E-state index contributed by atoms with van der Waals surface area (Å²) in [6, 6.07) is 0. The van der Waals surface area contributed by atoms with Crippen LogP contribution in [0.5, 0.6) is 0 Å². The number of ether oxygens (including phenoxy) is 1. The Morgan fingerprint density at radius 2 is 1.70 bits per heavy atom. The lowest BCUT2D eigenvalue weighted by atomic mass is 10.00. The van der Waals surface area contributed by atoms with E-state index in [0.29, 0.717) is 6.42 Å². The molecule has 4 nitrogen and oxygen atoms in total. The van der Waals surface area contributed by atoms with E-state index < -0.39 is 6.10 Å². The van der Waals surface area contributed by atoms with Gasteiger partial charge in [0.05, 0.1) is 6.61 Å². The third-order valence-electron chi connectivity index (χ3n) is 3.67. The van der Waals surface area contributed by atoms with Crippen molar-refractivity contribution in [1.82, 2.24) is 0 Å². The Morgan fingerprint density at radius 3 is 2.30 bits per heavy atom. The minimum Gasteiger partial charge on any atom is -0.463 e. The summed E-state index contributed by atoms with van der Waals surface area (Å²) in [6.07, 6.45) is 8.98. The van der Waals surface area contributed by atoms with Gasteiger partial charge in [-0.1, -0.05) is 58.8 Å². The number of aliphatic hydroxyl groups excluding tert-OH is 2. The first kappa shape index (κ1) is 19.4. The zero-order chi connectivity index (χ0) is 15.2. The zero-order valence-electron chi connectivity index (χ0n) is 13.1. The van der Waals surface area contributed by atoms with Gasteiger partial charge < -0.3 is 14.9 Å². The Hall–Kier alpha value is -0.610. The fourth-order valence-electron chi connectivity index (χ4n) is 1.99. The van der Waals surface area contributed by atoms with E-state index in [4.69, 9.17) is 14.9 Å². The SMILES string of the molecule is CCC(C)CCCCCCCCC(=O)OC[C@H](O)CO. The van der Waals surface area contributed by atoms with E-state index in [9.17, 15) is 4.79 Å². The predicted molar refractivity (Wildman–Crippen MR) is 80.4 cm³/mol. The lowest BCUT2D eigenvalue weighted by Gasteiger charge is -2.08. The third kappa shape index (κ3) is 12.4. The summed E-state index contributed by atoms with van der Waals surface area (Å²) in [6.45, 7) is 4.07. The molecule has 0 heterocycles. The Balaban J connectivity index is 3.25. The molecule has 2 N–H and O–H groups in total. The second-order valence-electron chi connectivity index (χ2n) is 5.69. The van der Waals surface area contributed by atoms with E-state index in [1.807, 2.05) is 0 Å². The summed E-state index contributed by atoms with van der Waals surface area (Å²) in [5.74, 6) is 0.563. The average Bonchev–Trinajstić information content (AvgIpc) is 2.46. The van der Waals surface area contributed by atoms with E-state index in [2.05, 4.69) is 13.8 Å². The van der Waals surface area contributed by atoms with Crippen LogP contribution in [-0.2, 0) is 9.53 Å². The molecule has 0 rings (SSSR count). The fraction of sp³-hybridized carbons (Fsp3) is 0.938. The van der Waals surface area contributed by atoms with Gasteiger partial charge in [-0.15, -0.1) is 0 Å². The van der Waals surface area contributed by atoms with Gasteiger partial charge in [0.1, 0.15) is 12.7 Å². The second-order valence-corrected chi connectivity index (χ2v) is 5.69. The van der Waals surface area contributed by atoms with Gasteiger partial charge in [-0.25, -0.2) is 0 Å². The Bertz CT molecular complexity index is 231. The molecule has 0 bridgehead atoms. The summed E-state index contributed by atoms with van der Waals surface area (Å²) in [5, 5.41) is 17.6. The molecule has 0 aromatic heterocycles.